The van der Waals surface area contributed by atoms with Gasteiger partial charge in [-0.15, -0.1) is 0 Å². The summed E-state index contributed by atoms with van der Waals surface area (Å²) < 4.78 is 39.0. The lowest BCUT2D eigenvalue weighted by Gasteiger charge is -2.13. The molecular weight excluding hydrogens is 329 g/mol. The van der Waals surface area contributed by atoms with Gasteiger partial charge in [0.15, 0.2) is 0 Å². The van der Waals surface area contributed by atoms with E-state index in [2.05, 4.69) is 10.3 Å². The molecule has 6 heteroatoms. The van der Waals surface area contributed by atoms with Gasteiger partial charge in [-0.1, -0.05) is 18.2 Å². The molecule has 0 saturated carbocycles. The van der Waals surface area contributed by atoms with Gasteiger partial charge in [-0.25, -0.2) is 0 Å². The number of rotatable bonds is 3. The Labute approximate surface area is 142 Å². The van der Waals surface area contributed by atoms with Gasteiger partial charge in [0.2, 0.25) is 0 Å². The van der Waals surface area contributed by atoms with Gasteiger partial charge in [0, 0.05) is 28.7 Å². The van der Waals surface area contributed by atoms with Crippen LogP contribution in [0.3, 0.4) is 0 Å². The van der Waals surface area contributed by atoms with Crippen LogP contribution >= 0.6 is 0 Å². The second-order valence-corrected chi connectivity index (χ2v) is 5.97. The fourth-order valence-electron chi connectivity index (χ4n) is 2.83. The third-order valence-corrected chi connectivity index (χ3v) is 4.33. The number of halogens is 3. The van der Waals surface area contributed by atoms with E-state index >= 15 is 0 Å². The standard InChI is InChI=1S/C19H17F3N2O/c1-11-12(2)24-17-8-7-13(9-15(11)17)18(25)23-10-14-5-3-4-6-16(14)19(20,21)22/h3-9,24H,10H2,1-2H3,(H,23,25). The average Bonchev–Trinajstić information content (AvgIpc) is 2.86. The van der Waals surface area contributed by atoms with Gasteiger partial charge in [-0.05, 0) is 49.2 Å². The molecule has 1 amide bonds. The summed E-state index contributed by atoms with van der Waals surface area (Å²) in [6.45, 7) is 3.72. The maximum absolute atomic E-state index is 13.0. The number of aromatic amines is 1. The SMILES string of the molecule is Cc1[nH]c2ccc(C(=O)NCc3ccccc3C(F)(F)F)cc2c1C. The molecule has 0 bridgehead atoms. The van der Waals surface area contributed by atoms with Crippen LogP contribution in [-0.4, -0.2) is 10.9 Å². The summed E-state index contributed by atoms with van der Waals surface area (Å²) in [6.07, 6.45) is -4.44. The van der Waals surface area contributed by atoms with Crippen LogP contribution in [0, 0.1) is 13.8 Å². The minimum absolute atomic E-state index is 0.0399. The molecule has 0 spiro atoms. The number of fused-ring (bicyclic) bond motifs is 1. The van der Waals surface area contributed by atoms with Crippen molar-refractivity contribution in [3.05, 3.63) is 70.4 Å². The zero-order valence-electron chi connectivity index (χ0n) is 13.8. The van der Waals surface area contributed by atoms with Crippen molar-refractivity contribution in [2.24, 2.45) is 0 Å². The van der Waals surface area contributed by atoms with Crippen molar-refractivity contribution >= 4 is 16.8 Å². The van der Waals surface area contributed by atoms with E-state index in [1.54, 1.807) is 18.2 Å². The Morgan fingerprint density at radius 1 is 1.12 bits per heavy atom. The zero-order valence-corrected chi connectivity index (χ0v) is 13.8. The van der Waals surface area contributed by atoms with Crippen molar-refractivity contribution in [1.29, 1.82) is 0 Å². The van der Waals surface area contributed by atoms with Crippen LogP contribution in [0.1, 0.15) is 32.7 Å². The number of amides is 1. The second kappa shape index (κ2) is 6.27. The molecule has 1 aromatic heterocycles. The highest BCUT2D eigenvalue weighted by molar-refractivity contribution is 5.99. The summed E-state index contributed by atoms with van der Waals surface area (Å²) in [5.41, 5.74) is 2.72. The molecule has 1 heterocycles. The molecule has 130 valence electrons. The number of carbonyl (C=O) groups excluding carboxylic acids is 1. The van der Waals surface area contributed by atoms with Crippen molar-refractivity contribution in [1.82, 2.24) is 10.3 Å². The largest absolute Gasteiger partial charge is 0.416 e. The smallest absolute Gasteiger partial charge is 0.358 e. The van der Waals surface area contributed by atoms with E-state index in [0.717, 1.165) is 28.2 Å². The van der Waals surface area contributed by atoms with Gasteiger partial charge in [0.05, 0.1) is 5.56 Å². The molecule has 0 aliphatic heterocycles. The van der Waals surface area contributed by atoms with E-state index in [1.807, 2.05) is 13.8 Å². The lowest BCUT2D eigenvalue weighted by Crippen LogP contribution is -2.24. The first-order valence-electron chi connectivity index (χ1n) is 7.79. The highest BCUT2D eigenvalue weighted by Gasteiger charge is 2.32. The van der Waals surface area contributed by atoms with E-state index in [-0.39, 0.29) is 12.1 Å². The highest BCUT2D eigenvalue weighted by Crippen LogP contribution is 2.31. The van der Waals surface area contributed by atoms with E-state index in [4.69, 9.17) is 0 Å². The molecule has 0 atom stereocenters. The molecule has 0 aliphatic carbocycles. The van der Waals surface area contributed by atoms with Crippen molar-refractivity contribution in [2.45, 2.75) is 26.6 Å². The van der Waals surface area contributed by atoms with Crippen LogP contribution in [0.2, 0.25) is 0 Å². The van der Waals surface area contributed by atoms with Crippen molar-refractivity contribution in [2.75, 3.05) is 0 Å². The Hall–Kier alpha value is -2.76. The third-order valence-electron chi connectivity index (χ3n) is 4.33. The number of alkyl halides is 3. The number of H-pyrrole nitrogens is 1. The Kier molecular flexibility index (Phi) is 4.29. The third kappa shape index (κ3) is 3.38. The number of benzene rings is 2. The minimum atomic E-state index is -4.44. The molecular formula is C19H17F3N2O. The summed E-state index contributed by atoms with van der Waals surface area (Å²) in [5, 5.41) is 3.50. The van der Waals surface area contributed by atoms with Crippen LogP contribution < -0.4 is 5.32 Å². The lowest BCUT2D eigenvalue weighted by molar-refractivity contribution is -0.138. The summed E-state index contributed by atoms with van der Waals surface area (Å²) in [7, 11) is 0. The second-order valence-electron chi connectivity index (χ2n) is 5.97. The Morgan fingerprint density at radius 3 is 2.56 bits per heavy atom. The number of aryl methyl sites for hydroxylation is 2. The van der Waals surface area contributed by atoms with Crippen LogP contribution in [0.4, 0.5) is 13.2 Å². The highest BCUT2D eigenvalue weighted by atomic mass is 19.4. The van der Waals surface area contributed by atoms with Gasteiger partial charge in [-0.2, -0.15) is 13.2 Å². The molecule has 0 fully saturated rings. The van der Waals surface area contributed by atoms with E-state index in [0.29, 0.717) is 5.56 Å². The Morgan fingerprint density at radius 2 is 1.84 bits per heavy atom. The maximum atomic E-state index is 13.0. The fourth-order valence-corrected chi connectivity index (χ4v) is 2.83. The summed E-state index contributed by atoms with van der Waals surface area (Å²) in [4.78, 5) is 15.6. The molecule has 3 aromatic rings. The van der Waals surface area contributed by atoms with E-state index in [9.17, 15) is 18.0 Å². The molecule has 3 rings (SSSR count). The molecule has 0 aliphatic rings. The Balaban J connectivity index is 1.81. The molecule has 2 N–H and O–H groups in total. The van der Waals surface area contributed by atoms with Crippen LogP contribution in [-0.2, 0) is 12.7 Å². The predicted molar refractivity (Wildman–Crippen MR) is 90.4 cm³/mol. The van der Waals surface area contributed by atoms with Crippen molar-refractivity contribution in [3.63, 3.8) is 0 Å². The first-order chi connectivity index (χ1) is 11.8. The summed E-state index contributed by atoms with van der Waals surface area (Å²) in [6, 6.07) is 10.4. The van der Waals surface area contributed by atoms with Crippen molar-refractivity contribution in [3.8, 4) is 0 Å². The van der Waals surface area contributed by atoms with Gasteiger partial charge >= 0.3 is 6.18 Å². The molecule has 25 heavy (non-hydrogen) atoms. The number of hydrogen-bond acceptors (Lipinski definition) is 1. The first kappa shape index (κ1) is 17.1. The monoisotopic (exact) mass is 346 g/mol. The number of hydrogen-bond donors (Lipinski definition) is 2. The first-order valence-corrected chi connectivity index (χ1v) is 7.79. The normalized spacial score (nSPS) is 11.7. The number of carbonyl (C=O) groups is 1. The molecule has 0 saturated heterocycles. The average molecular weight is 346 g/mol. The quantitative estimate of drug-likeness (QED) is 0.707. The van der Waals surface area contributed by atoms with Crippen molar-refractivity contribution < 1.29 is 18.0 Å². The molecule has 0 radical (unpaired) electrons. The topological polar surface area (TPSA) is 44.9 Å². The Bertz CT molecular complexity index is 941. The van der Waals surface area contributed by atoms with Gasteiger partial charge < -0.3 is 10.3 Å². The van der Waals surface area contributed by atoms with Gasteiger partial charge in [-0.3, -0.25) is 4.79 Å². The van der Waals surface area contributed by atoms with Crippen LogP contribution in [0.25, 0.3) is 10.9 Å². The summed E-state index contributed by atoms with van der Waals surface area (Å²) in [5.74, 6) is -0.405. The molecule has 0 unspecified atom stereocenters. The predicted octanol–water partition coefficient (Wildman–Crippen LogP) is 4.73. The maximum Gasteiger partial charge on any atom is 0.416 e. The molecule has 2 aromatic carbocycles. The zero-order chi connectivity index (χ0) is 18.2. The van der Waals surface area contributed by atoms with Gasteiger partial charge in [0.25, 0.3) is 5.91 Å². The van der Waals surface area contributed by atoms with Crippen LogP contribution in [0.15, 0.2) is 42.5 Å². The van der Waals surface area contributed by atoms with E-state index in [1.165, 1.54) is 18.2 Å². The fraction of sp³-hybridized carbons (Fsp3) is 0.211. The number of aromatic nitrogens is 1. The lowest BCUT2D eigenvalue weighted by atomic mass is 10.1. The summed E-state index contributed by atoms with van der Waals surface area (Å²) >= 11 is 0. The number of nitrogens with one attached hydrogen (secondary N) is 2. The minimum Gasteiger partial charge on any atom is -0.358 e. The van der Waals surface area contributed by atoms with E-state index < -0.39 is 17.6 Å². The van der Waals surface area contributed by atoms with Crippen LogP contribution in [0.5, 0.6) is 0 Å². The molecule has 3 nitrogen and oxygen atoms in total. The van der Waals surface area contributed by atoms with Gasteiger partial charge in [0.1, 0.15) is 0 Å².